The van der Waals surface area contributed by atoms with Crippen molar-refractivity contribution in [1.29, 1.82) is 0 Å². The van der Waals surface area contributed by atoms with E-state index in [1.807, 2.05) is 5.32 Å². The Kier molecular flexibility index (Phi) is 3.36. The summed E-state index contributed by atoms with van der Waals surface area (Å²) in [5.41, 5.74) is -1.98. The predicted octanol–water partition coefficient (Wildman–Crippen LogP) is 1.88. The monoisotopic (exact) mass is 236 g/mol. The second-order valence-electron chi connectivity index (χ2n) is 2.95. The average Bonchev–Trinajstić information content (AvgIpc) is 2.27. The minimum absolute atomic E-state index is 0.0411. The van der Waals surface area contributed by atoms with Gasteiger partial charge in [0.15, 0.2) is 23.3 Å². The fourth-order valence-corrected chi connectivity index (χ4v) is 1.20. The first-order chi connectivity index (χ1) is 7.45. The number of nitrogens with one attached hydrogen (secondary N) is 1. The van der Waals surface area contributed by atoms with Crippen LogP contribution in [-0.2, 0) is 4.79 Å². The number of rotatable bonds is 3. The molecule has 0 atom stereocenters. The van der Waals surface area contributed by atoms with Gasteiger partial charge < -0.3 is 10.2 Å². The lowest BCUT2D eigenvalue weighted by molar-refractivity contribution is -0.107. The minimum atomic E-state index is -1.63. The Morgan fingerprint density at radius 2 is 1.50 bits per heavy atom. The summed E-state index contributed by atoms with van der Waals surface area (Å²) in [6, 6.07) is 0. The smallest absolute Gasteiger partial charge is 0.214 e. The van der Waals surface area contributed by atoms with Crippen molar-refractivity contribution >= 4 is 17.8 Å². The molecule has 0 aliphatic heterocycles. The zero-order valence-corrected chi connectivity index (χ0v) is 8.44. The summed E-state index contributed by atoms with van der Waals surface area (Å²) in [5, 5.41) is 1.99. The normalized spacial score (nSPS) is 10.1. The largest absolute Gasteiger partial charge is 0.383 e. The molecule has 1 rings (SSSR count). The molecule has 0 bridgehead atoms. The maximum Gasteiger partial charge on any atom is 0.214 e. The number of hydrogen-bond donors (Lipinski definition) is 1. The molecule has 3 nitrogen and oxygen atoms in total. The van der Waals surface area contributed by atoms with Crippen LogP contribution < -0.4 is 10.2 Å². The topological polar surface area (TPSA) is 32.3 Å². The molecule has 0 aliphatic rings. The molecule has 0 heterocycles. The van der Waals surface area contributed by atoms with E-state index in [-0.39, 0.29) is 6.41 Å². The predicted molar refractivity (Wildman–Crippen MR) is 50.3 cm³/mol. The Hall–Kier alpha value is -1.79. The number of benzene rings is 1. The van der Waals surface area contributed by atoms with E-state index in [0.717, 1.165) is 14.1 Å². The highest BCUT2D eigenvalue weighted by Gasteiger charge is 2.26. The molecular formula is C9H8F4N2O. The molecule has 1 aromatic carbocycles. The fourth-order valence-electron chi connectivity index (χ4n) is 1.20. The standard InChI is InChI=1S/C9H8F4N2O/c1-14-8-4(10)6(12)9(15(2)3-16)7(13)5(8)11/h3,14H,1-2H3. The van der Waals surface area contributed by atoms with Crippen molar-refractivity contribution in [2.75, 3.05) is 24.3 Å². The summed E-state index contributed by atoms with van der Waals surface area (Å²) in [6.45, 7) is 0. The summed E-state index contributed by atoms with van der Waals surface area (Å²) in [4.78, 5) is 10.7. The summed E-state index contributed by atoms with van der Waals surface area (Å²) in [7, 11) is 2.09. The SMILES string of the molecule is CNc1c(F)c(F)c(N(C)C=O)c(F)c1F. The van der Waals surface area contributed by atoms with Crippen molar-refractivity contribution in [2.24, 2.45) is 0 Å². The zero-order chi connectivity index (χ0) is 12.5. The first-order valence-corrected chi connectivity index (χ1v) is 4.17. The van der Waals surface area contributed by atoms with Crippen LogP contribution in [0.3, 0.4) is 0 Å². The van der Waals surface area contributed by atoms with Crippen LogP contribution in [0.15, 0.2) is 0 Å². The molecule has 0 saturated heterocycles. The molecule has 1 N–H and O–H groups in total. The number of halogens is 4. The first-order valence-electron chi connectivity index (χ1n) is 4.17. The van der Waals surface area contributed by atoms with Gasteiger partial charge in [-0.2, -0.15) is 0 Å². The molecule has 0 fully saturated rings. The minimum Gasteiger partial charge on any atom is -0.383 e. The quantitative estimate of drug-likeness (QED) is 0.493. The van der Waals surface area contributed by atoms with E-state index in [2.05, 4.69) is 0 Å². The Balaban J connectivity index is 3.59. The van der Waals surface area contributed by atoms with Crippen LogP contribution in [-0.4, -0.2) is 20.5 Å². The highest BCUT2D eigenvalue weighted by Crippen LogP contribution is 2.32. The summed E-state index contributed by atoms with van der Waals surface area (Å²) in [6.07, 6.45) is 0.0411. The maximum atomic E-state index is 13.3. The number of carbonyl (C=O) groups excluding carboxylic acids is 1. The highest BCUT2D eigenvalue weighted by atomic mass is 19.2. The number of carbonyl (C=O) groups is 1. The molecule has 16 heavy (non-hydrogen) atoms. The van der Waals surface area contributed by atoms with Gasteiger partial charge in [0.05, 0.1) is 0 Å². The van der Waals surface area contributed by atoms with Crippen LogP contribution in [0.2, 0.25) is 0 Å². The van der Waals surface area contributed by atoms with E-state index in [0.29, 0.717) is 4.90 Å². The zero-order valence-electron chi connectivity index (χ0n) is 8.44. The molecule has 0 saturated carbocycles. The second-order valence-corrected chi connectivity index (χ2v) is 2.95. The van der Waals surface area contributed by atoms with E-state index < -0.39 is 34.6 Å². The molecular weight excluding hydrogens is 228 g/mol. The highest BCUT2D eigenvalue weighted by molar-refractivity contribution is 5.76. The lowest BCUT2D eigenvalue weighted by Crippen LogP contribution is -2.19. The van der Waals surface area contributed by atoms with Crippen LogP contribution in [0.4, 0.5) is 28.9 Å². The lowest BCUT2D eigenvalue weighted by Gasteiger charge is -2.16. The summed E-state index contributed by atoms with van der Waals surface area (Å²) < 4.78 is 53.0. The van der Waals surface area contributed by atoms with E-state index in [9.17, 15) is 22.4 Å². The average molecular weight is 236 g/mol. The van der Waals surface area contributed by atoms with E-state index in [4.69, 9.17) is 0 Å². The third kappa shape index (κ3) is 1.68. The van der Waals surface area contributed by atoms with E-state index in [1.54, 1.807) is 0 Å². The molecule has 1 aromatic rings. The van der Waals surface area contributed by atoms with Crippen LogP contribution >= 0.6 is 0 Å². The lowest BCUT2D eigenvalue weighted by atomic mass is 10.2. The third-order valence-electron chi connectivity index (χ3n) is 2.00. The molecule has 0 aromatic heterocycles. The van der Waals surface area contributed by atoms with Crippen molar-refractivity contribution in [1.82, 2.24) is 0 Å². The molecule has 0 aliphatic carbocycles. The van der Waals surface area contributed by atoms with Crippen molar-refractivity contribution in [3.05, 3.63) is 23.3 Å². The number of amides is 1. The number of anilines is 2. The van der Waals surface area contributed by atoms with E-state index in [1.165, 1.54) is 0 Å². The van der Waals surface area contributed by atoms with Gasteiger partial charge in [-0.1, -0.05) is 0 Å². The van der Waals surface area contributed by atoms with Gasteiger partial charge in [0, 0.05) is 14.1 Å². The van der Waals surface area contributed by atoms with Gasteiger partial charge in [0.25, 0.3) is 0 Å². The van der Waals surface area contributed by atoms with Gasteiger partial charge in [-0.25, -0.2) is 17.6 Å². The van der Waals surface area contributed by atoms with Gasteiger partial charge in [-0.3, -0.25) is 4.79 Å². The van der Waals surface area contributed by atoms with Gasteiger partial charge in [-0.05, 0) is 0 Å². The van der Waals surface area contributed by atoms with Crippen LogP contribution in [0, 0.1) is 23.3 Å². The molecule has 88 valence electrons. The summed E-state index contributed by atoms with van der Waals surface area (Å²) >= 11 is 0. The van der Waals surface area contributed by atoms with Gasteiger partial charge >= 0.3 is 0 Å². The van der Waals surface area contributed by atoms with Crippen LogP contribution in [0.1, 0.15) is 0 Å². The Morgan fingerprint density at radius 1 is 1.06 bits per heavy atom. The molecule has 0 spiro atoms. The van der Waals surface area contributed by atoms with Crippen molar-refractivity contribution in [3.63, 3.8) is 0 Å². The van der Waals surface area contributed by atoms with Crippen molar-refractivity contribution in [2.45, 2.75) is 0 Å². The molecule has 1 amide bonds. The van der Waals surface area contributed by atoms with Crippen LogP contribution in [0.25, 0.3) is 0 Å². The van der Waals surface area contributed by atoms with E-state index >= 15 is 0 Å². The Morgan fingerprint density at radius 3 is 1.81 bits per heavy atom. The third-order valence-corrected chi connectivity index (χ3v) is 2.00. The van der Waals surface area contributed by atoms with Crippen molar-refractivity contribution in [3.8, 4) is 0 Å². The molecule has 0 unspecified atom stereocenters. The van der Waals surface area contributed by atoms with Crippen LogP contribution in [0.5, 0.6) is 0 Å². The van der Waals surface area contributed by atoms with Gasteiger partial charge in [-0.15, -0.1) is 0 Å². The first kappa shape index (κ1) is 12.3. The maximum absolute atomic E-state index is 13.3. The molecule has 0 radical (unpaired) electrons. The Bertz CT molecular complexity index is 407. The molecule has 7 heteroatoms. The fraction of sp³-hybridized carbons (Fsp3) is 0.222. The Labute approximate surface area is 88.7 Å². The van der Waals surface area contributed by atoms with Gasteiger partial charge in [0.1, 0.15) is 11.4 Å². The van der Waals surface area contributed by atoms with Crippen molar-refractivity contribution < 1.29 is 22.4 Å². The van der Waals surface area contributed by atoms with Gasteiger partial charge in [0.2, 0.25) is 6.41 Å². The number of nitrogens with zero attached hydrogens (tertiary/aromatic N) is 1. The summed E-state index contributed by atoms with van der Waals surface area (Å²) in [5.74, 6) is -6.41. The second kappa shape index (κ2) is 4.38. The number of hydrogen-bond acceptors (Lipinski definition) is 2.